The summed E-state index contributed by atoms with van der Waals surface area (Å²) in [6.45, 7) is 4.22. The molecule has 0 aromatic heterocycles. The second kappa shape index (κ2) is 6.33. The van der Waals surface area contributed by atoms with E-state index < -0.39 is 11.5 Å². The predicted molar refractivity (Wildman–Crippen MR) is 66.2 cm³/mol. The van der Waals surface area contributed by atoms with Crippen molar-refractivity contribution in [2.75, 3.05) is 33.8 Å². The molecule has 2 unspecified atom stereocenters. The average molecular weight is 244 g/mol. The molecule has 100 valence electrons. The van der Waals surface area contributed by atoms with Crippen LogP contribution in [0.5, 0.6) is 0 Å². The number of nitrogens with one attached hydrogen (secondary N) is 1. The van der Waals surface area contributed by atoms with Gasteiger partial charge < -0.3 is 20.1 Å². The van der Waals surface area contributed by atoms with E-state index in [4.69, 9.17) is 9.84 Å². The van der Waals surface area contributed by atoms with Crippen LogP contribution in [0.25, 0.3) is 0 Å². The summed E-state index contributed by atoms with van der Waals surface area (Å²) in [6, 6.07) is 0. The van der Waals surface area contributed by atoms with Gasteiger partial charge in [-0.1, -0.05) is 0 Å². The van der Waals surface area contributed by atoms with E-state index in [-0.39, 0.29) is 0 Å². The van der Waals surface area contributed by atoms with Crippen molar-refractivity contribution in [2.24, 2.45) is 0 Å². The summed E-state index contributed by atoms with van der Waals surface area (Å²) in [5, 5.41) is 12.0. The van der Waals surface area contributed by atoms with Gasteiger partial charge in [0.05, 0.1) is 6.10 Å². The number of carboxylic acid groups (broad SMARTS) is 1. The summed E-state index contributed by atoms with van der Waals surface area (Å²) < 4.78 is 5.56. The summed E-state index contributed by atoms with van der Waals surface area (Å²) in [5.41, 5.74) is -0.842. The van der Waals surface area contributed by atoms with Crippen molar-refractivity contribution in [1.29, 1.82) is 0 Å². The van der Waals surface area contributed by atoms with Crippen LogP contribution in [-0.4, -0.2) is 61.4 Å². The third kappa shape index (κ3) is 4.26. The molecule has 1 fully saturated rings. The van der Waals surface area contributed by atoms with Gasteiger partial charge in [-0.15, -0.1) is 0 Å². The molecule has 0 bridgehead atoms. The smallest absolute Gasteiger partial charge is 0.323 e. The number of likely N-dealkylation sites (N-methyl/N-ethyl adjacent to an activating group) is 2. The first-order valence-electron chi connectivity index (χ1n) is 6.20. The number of carboxylic acids is 1. The zero-order valence-corrected chi connectivity index (χ0v) is 11.0. The van der Waals surface area contributed by atoms with Gasteiger partial charge in [0.1, 0.15) is 5.54 Å². The fourth-order valence-electron chi connectivity index (χ4n) is 1.98. The summed E-state index contributed by atoms with van der Waals surface area (Å²) in [7, 11) is 3.70. The van der Waals surface area contributed by atoms with Gasteiger partial charge in [-0.05, 0) is 40.3 Å². The Bertz CT molecular complexity index is 254. The topological polar surface area (TPSA) is 61.8 Å². The van der Waals surface area contributed by atoms with E-state index in [1.165, 1.54) is 0 Å². The molecule has 0 spiro atoms. The zero-order valence-electron chi connectivity index (χ0n) is 11.0. The lowest BCUT2D eigenvalue weighted by Crippen LogP contribution is -2.49. The number of carbonyl (C=O) groups is 1. The Morgan fingerprint density at radius 1 is 1.65 bits per heavy atom. The highest BCUT2D eigenvalue weighted by atomic mass is 16.5. The molecular formula is C12H24N2O3. The van der Waals surface area contributed by atoms with Gasteiger partial charge in [-0.2, -0.15) is 0 Å². The Kier molecular flexibility index (Phi) is 5.36. The van der Waals surface area contributed by atoms with Crippen molar-refractivity contribution in [3.05, 3.63) is 0 Å². The number of rotatable bonds is 7. The van der Waals surface area contributed by atoms with E-state index in [2.05, 4.69) is 10.2 Å². The largest absolute Gasteiger partial charge is 0.480 e. The Labute approximate surface area is 103 Å². The van der Waals surface area contributed by atoms with Gasteiger partial charge in [0.2, 0.25) is 0 Å². The lowest BCUT2D eigenvalue weighted by Gasteiger charge is -2.28. The number of aliphatic carboxylic acids is 1. The van der Waals surface area contributed by atoms with Crippen molar-refractivity contribution >= 4 is 5.97 Å². The van der Waals surface area contributed by atoms with Crippen LogP contribution in [0.1, 0.15) is 26.2 Å². The molecule has 1 heterocycles. The Morgan fingerprint density at radius 3 is 2.82 bits per heavy atom. The maximum atomic E-state index is 11.1. The van der Waals surface area contributed by atoms with Crippen LogP contribution in [0, 0.1) is 0 Å². The molecule has 0 aliphatic carbocycles. The van der Waals surface area contributed by atoms with Crippen molar-refractivity contribution in [2.45, 2.75) is 37.8 Å². The first kappa shape index (κ1) is 14.4. The molecule has 0 saturated carbocycles. The van der Waals surface area contributed by atoms with Gasteiger partial charge in [-0.3, -0.25) is 4.79 Å². The lowest BCUT2D eigenvalue weighted by molar-refractivity contribution is -0.144. The first-order valence-corrected chi connectivity index (χ1v) is 6.20. The van der Waals surface area contributed by atoms with E-state index in [1.54, 1.807) is 14.0 Å². The maximum absolute atomic E-state index is 11.1. The van der Waals surface area contributed by atoms with Crippen LogP contribution in [0.3, 0.4) is 0 Å². The minimum atomic E-state index is -0.842. The standard InChI is InChI=1S/C12H24N2O3/c1-12(13-2,11(15)16)6-7-14(3)9-10-5-4-8-17-10/h10,13H,4-9H2,1-3H3,(H,15,16). The van der Waals surface area contributed by atoms with E-state index >= 15 is 0 Å². The molecule has 0 amide bonds. The van der Waals surface area contributed by atoms with Crippen molar-refractivity contribution in [3.8, 4) is 0 Å². The van der Waals surface area contributed by atoms with Gasteiger partial charge in [-0.25, -0.2) is 0 Å². The molecular weight excluding hydrogens is 220 g/mol. The Hall–Kier alpha value is -0.650. The summed E-state index contributed by atoms with van der Waals surface area (Å²) in [5.74, 6) is -0.800. The number of hydrogen-bond acceptors (Lipinski definition) is 4. The van der Waals surface area contributed by atoms with Crippen LogP contribution < -0.4 is 5.32 Å². The number of hydrogen-bond donors (Lipinski definition) is 2. The normalized spacial score (nSPS) is 23.9. The molecule has 17 heavy (non-hydrogen) atoms. The molecule has 1 rings (SSSR count). The van der Waals surface area contributed by atoms with Gasteiger partial charge in [0.15, 0.2) is 0 Å². The fraction of sp³-hybridized carbons (Fsp3) is 0.917. The molecule has 2 N–H and O–H groups in total. The van der Waals surface area contributed by atoms with Crippen molar-refractivity contribution < 1.29 is 14.6 Å². The molecule has 0 radical (unpaired) electrons. The molecule has 2 atom stereocenters. The molecule has 1 saturated heterocycles. The monoisotopic (exact) mass is 244 g/mol. The Morgan fingerprint density at radius 2 is 2.35 bits per heavy atom. The highest BCUT2D eigenvalue weighted by Gasteiger charge is 2.31. The van der Waals surface area contributed by atoms with Crippen LogP contribution in [0.15, 0.2) is 0 Å². The lowest BCUT2D eigenvalue weighted by atomic mass is 9.98. The summed E-state index contributed by atoms with van der Waals surface area (Å²) in [4.78, 5) is 13.3. The fourth-order valence-corrected chi connectivity index (χ4v) is 1.98. The molecule has 5 nitrogen and oxygen atoms in total. The van der Waals surface area contributed by atoms with Crippen LogP contribution >= 0.6 is 0 Å². The van der Waals surface area contributed by atoms with Gasteiger partial charge in [0.25, 0.3) is 0 Å². The molecule has 1 aliphatic rings. The van der Waals surface area contributed by atoms with Gasteiger partial charge in [0, 0.05) is 19.7 Å². The number of ether oxygens (including phenoxy) is 1. The van der Waals surface area contributed by atoms with E-state index in [9.17, 15) is 4.79 Å². The second-order valence-electron chi connectivity index (χ2n) is 5.03. The minimum absolute atomic E-state index is 0.325. The average Bonchev–Trinajstić information content (AvgIpc) is 2.78. The molecule has 0 aromatic rings. The first-order chi connectivity index (χ1) is 7.98. The van der Waals surface area contributed by atoms with Crippen molar-refractivity contribution in [3.63, 3.8) is 0 Å². The third-order valence-electron chi connectivity index (χ3n) is 3.56. The molecule has 5 heteroatoms. The number of nitrogens with zero attached hydrogens (tertiary/aromatic N) is 1. The summed E-state index contributed by atoms with van der Waals surface area (Å²) in [6.07, 6.45) is 3.17. The van der Waals surface area contributed by atoms with Crippen LogP contribution in [-0.2, 0) is 9.53 Å². The van der Waals surface area contributed by atoms with E-state index in [0.29, 0.717) is 12.5 Å². The van der Waals surface area contributed by atoms with E-state index in [1.807, 2.05) is 7.05 Å². The second-order valence-corrected chi connectivity index (χ2v) is 5.03. The molecule has 1 aliphatic heterocycles. The minimum Gasteiger partial charge on any atom is -0.480 e. The SMILES string of the molecule is CNC(C)(CCN(C)CC1CCCO1)C(=O)O. The van der Waals surface area contributed by atoms with Crippen molar-refractivity contribution in [1.82, 2.24) is 10.2 Å². The highest BCUT2D eigenvalue weighted by Crippen LogP contribution is 2.14. The van der Waals surface area contributed by atoms with Gasteiger partial charge >= 0.3 is 5.97 Å². The molecule has 0 aromatic carbocycles. The van der Waals surface area contributed by atoms with E-state index in [0.717, 1.165) is 32.5 Å². The van der Waals surface area contributed by atoms with Crippen LogP contribution in [0.2, 0.25) is 0 Å². The van der Waals surface area contributed by atoms with Crippen LogP contribution in [0.4, 0.5) is 0 Å². The zero-order chi connectivity index (χ0) is 12.9. The quantitative estimate of drug-likeness (QED) is 0.685. The predicted octanol–water partition coefficient (Wildman–Crippen LogP) is 0.550. The highest BCUT2D eigenvalue weighted by molar-refractivity contribution is 5.78. The maximum Gasteiger partial charge on any atom is 0.323 e. The summed E-state index contributed by atoms with van der Waals surface area (Å²) >= 11 is 0. The third-order valence-corrected chi connectivity index (χ3v) is 3.56. The Balaban J connectivity index is 2.30.